The molecule has 0 aliphatic heterocycles. The van der Waals surface area contributed by atoms with Gasteiger partial charge in [0.05, 0.1) is 0 Å². The maximum atomic E-state index is 3.70. The predicted molar refractivity (Wildman–Crippen MR) is 84.5 cm³/mol. The molecule has 2 atom stereocenters. The normalized spacial score (nSPS) is 14.5. The van der Waals surface area contributed by atoms with Crippen LogP contribution in [0.15, 0.2) is 18.2 Å². The van der Waals surface area contributed by atoms with E-state index in [0.717, 1.165) is 0 Å². The maximum Gasteiger partial charge on any atom is 0.0294 e. The van der Waals surface area contributed by atoms with Gasteiger partial charge in [0, 0.05) is 12.1 Å². The monoisotopic (exact) mass is 265 g/mol. The average molecular weight is 265 g/mol. The first-order valence-electron chi connectivity index (χ1n) is 6.95. The molecule has 1 N–H and O–H groups in total. The molecular formula is C16H27NS. The van der Waals surface area contributed by atoms with Gasteiger partial charge < -0.3 is 5.32 Å². The number of aryl methyl sites for hydroxylation is 2. The van der Waals surface area contributed by atoms with Crippen LogP contribution in [0.3, 0.4) is 0 Å². The van der Waals surface area contributed by atoms with E-state index in [2.05, 4.69) is 58.1 Å². The van der Waals surface area contributed by atoms with E-state index in [1.54, 1.807) is 0 Å². The molecule has 1 rings (SSSR count). The van der Waals surface area contributed by atoms with Gasteiger partial charge in [-0.25, -0.2) is 0 Å². The van der Waals surface area contributed by atoms with Crippen LogP contribution < -0.4 is 5.32 Å². The lowest BCUT2D eigenvalue weighted by Gasteiger charge is -2.21. The maximum absolute atomic E-state index is 3.70. The Kier molecular flexibility index (Phi) is 6.80. The molecular weight excluding hydrogens is 238 g/mol. The third kappa shape index (κ3) is 5.45. The molecule has 0 saturated carbocycles. The fourth-order valence-corrected chi connectivity index (χ4v) is 3.08. The van der Waals surface area contributed by atoms with Crippen molar-refractivity contribution in [3.8, 4) is 0 Å². The minimum atomic E-state index is 0.435. The summed E-state index contributed by atoms with van der Waals surface area (Å²) in [4.78, 5) is 0. The lowest BCUT2D eigenvalue weighted by atomic mass is 10.0. The van der Waals surface area contributed by atoms with Crippen LogP contribution in [0.5, 0.6) is 0 Å². The second-order valence-corrected chi connectivity index (χ2v) is 6.59. The van der Waals surface area contributed by atoms with Gasteiger partial charge in [0.1, 0.15) is 0 Å². The minimum Gasteiger partial charge on any atom is -0.308 e. The Labute approximate surface area is 117 Å². The molecule has 1 aromatic rings. The molecule has 1 nitrogen and oxygen atoms in total. The van der Waals surface area contributed by atoms with Crippen molar-refractivity contribution in [2.75, 3.05) is 11.5 Å². The van der Waals surface area contributed by atoms with Gasteiger partial charge in [-0.05, 0) is 51.2 Å². The number of rotatable bonds is 7. The van der Waals surface area contributed by atoms with Crippen LogP contribution in [-0.4, -0.2) is 17.5 Å². The van der Waals surface area contributed by atoms with Crippen molar-refractivity contribution in [1.82, 2.24) is 5.32 Å². The fourth-order valence-electron chi connectivity index (χ4n) is 2.27. The van der Waals surface area contributed by atoms with E-state index in [4.69, 9.17) is 0 Å². The molecule has 102 valence electrons. The Balaban J connectivity index is 2.50. The zero-order valence-corrected chi connectivity index (χ0v) is 13.2. The van der Waals surface area contributed by atoms with Gasteiger partial charge in [-0.15, -0.1) is 0 Å². The van der Waals surface area contributed by atoms with Crippen LogP contribution >= 0.6 is 11.8 Å². The predicted octanol–water partition coefficient (Wildman–Crippen LogP) is 4.49. The van der Waals surface area contributed by atoms with Crippen molar-refractivity contribution in [2.24, 2.45) is 0 Å². The second kappa shape index (κ2) is 7.85. The molecule has 0 aliphatic rings. The number of hydrogen-bond acceptors (Lipinski definition) is 2. The highest BCUT2D eigenvalue weighted by Gasteiger charge is 2.09. The summed E-state index contributed by atoms with van der Waals surface area (Å²) in [5.41, 5.74) is 4.11. The molecule has 1 aromatic carbocycles. The molecule has 0 spiro atoms. The highest BCUT2D eigenvalue weighted by molar-refractivity contribution is 7.99. The second-order valence-electron chi connectivity index (χ2n) is 5.20. The van der Waals surface area contributed by atoms with E-state index in [0.29, 0.717) is 12.1 Å². The van der Waals surface area contributed by atoms with Crippen molar-refractivity contribution >= 4 is 11.8 Å². The number of thioether (sulfide) groups is 1. The molecule has 0 amide bonds. The molecule has 0 fully saturated rings. The zero-order chi connectivity index (χ0) is 13.5. The van der Waals surface area contributed by atoms with Crippen molar-refractivity contribution in [1.29, 1.82) is 0 Å². The summed E-state index contributed by atoms with van der Waals surface area (Å²) in [5, 5.41) is 3.70. The highest BCUT2D eigenvalue weighted by atomic mass is 32.2. The molecule has 0 heterocycles. The molecule has 0 radical (unpaired) electrons. The van der Waals surface area contributed by atoms with E-state index in [1.165, 1.54) is 34.6 Å². The van der Waals surface area contributed by atoms with Crippen LogP contribution in [0.25, 0.3) is 0 Å². The van der Waals surface area contributed by atoms with E-state index < -0.39 is 0 Å². The molecule has 18 heavy (non-hydrogen) atoms. The van der Waals surface area contributed by atoms with Crippen LogP contribution in [-0.2, 0) is 0 Å². The Morgan fingerprint density at radius 1 is 1.11 bits per heavy atom. The van der Waals surface area contributed by atoms with Gasteiger partial charge in [-0.2, -0.15) is 11.8 Å². The third-order valence-electron chi connectivity index (χ3n) is 3.18. The fraction of sp³-hybridized carbons (Fsp3) is 0.625. The van der Waals surface area contributed by atoms with Gasteiger partial charge in [-0.3, -0.25) is 0 Å². The number of nitrogens with one attached hydrogen (secondary N) is 1. The zero-order valence-electron chi connectivity index (χ0n) is 12.4. The Hall–Kier alpha value is -0.470. The van der Waals surface area contributed by atoms with Gasteiger partial charge in [0.15, 0.2) is 0 Å². The van der Waals surface area contributed by atoms with Crippen LogP contribution in [0.1, 0.15) is 49.9 Å². The van der Waals surface area contributed by atoms with Crippen LogP contribution in [0, 0.1) is 13.8 Å². The highest BCUT2D eigenvalue weighted by Crippen LogP contribution is 2.18. The van der Waals surface area contributed by atoms with Crippen molar-refractivity contribution < 1.29 is 0 Å². The first kappa shape index (κ1) is 15.6. The van der Waals surface area contributed by atoms with Crippen LogP contribution in [0.2, 0.25) is 0 Å². The van der Waals surface area contributed by atoms with Crippen molar-refractivity contribution in [2.45, 2.75) is 53.1 Å². The summed E-state index contributed by atoms with van der Waals surface area (Å²) in [6.07, 6.45) is 1.24. The number of benzene rings is 1. The average Bonchev–Trinajstić information content (AvgIpc) is 2.28. The molecule has 2 heteroatoms. The summed E-state index contributed by atoms with van der Waals surface area (Å²) in [7, 11) is 0. The SMILES string of the molecule is CCSCCC(C)NC(C)c1cc(C)cc(C)c1. The van der Waals surface area contributed by atoms with E-state index >= 15 is 0 Å². The van der Waals surface area contributed by atoms with Gasteiger partial charge >= 0.3 is 0 Å². The van der Waals surface area contributed by atoms with E-state index in [9.17, 15) is 0 Å². The molecule has 0 saturated heterocycles. The Morgan fingerprint density at radius 2 is 1.72 bits per heavy atom. The largest absolute Gasteiger partial charge is 0.308 e. The Morgan fingerprint density at radius 3 is 2.28 bits per heavy atom. The molecule has 0 aliphatic carbocycles. The minimum absolute atomic E-state index is 0.435. The van der Waals surface area contributed by atoms with Crippen molar-refractivity contribution in [3.63, 3.8) is 0 Å². The number of hydrogen-bond donors (Lipinski definition) is 1. The quantitative estimate of drug-likeness (QED) is 0.729. The van der Waals surface area contributed by atoms with Gasteiger partial charge in [0.25, 0.3) is 0 Å². The standard InChI is InChI=1S/C16H27NS/c1-6-18-8-7-14(4)17-15(5)16-10-12(2)9-13(3)11-16/h9-11,14-15,17H,6-8H2,1-5H3. The van der Waals surface area contributed by atoms with Gasteiger partial charge in [-0.1, -0.05) is 36.2 Å². The summed E-state index contributed by atoms with van der Waals surface area (Å²) >= 11 is 2.02. The lowest BCUT2D eigenvalue weighted by molar-refractivity contribution is 0.471. The first-order valence-corrected chi connectivity index (χ1v) is 8.10. The van der Waals surface area contributed by atoms with Gasteiger partial charge in [0.2, 0.25) is 0 Å². The topological polar surface area (TPSA) is 12.0 Å². The molecule has 0 bridgehead atoms. The van der Waals surface area contributed by atoms with Crippen molar-refractivity contribution in [3.05, 3.63) is 34.9 Å². The third-order valence-corrected chi connectivity index (χ3v) is 4.11. The summed E-state index contributed by atoms with van der Waals surface area (Å²) in [6, 6.07) is 7.83. The molecule has 0 aromatic heterocycles. The summed E-state index contributed by atoms with van der Waals surface area (Å²) in [5.74, 6) is 2.48. The lowest BCUT2D eigenvalue weighted by Crippen LogP contribution is -2.29. The van der Waals surface area contributed by atoms with E-state index in [-0.39, 0.29) is 0 Å². The van der Waals surface area contributed by atoms with Crippen LogP contribution in [0.4, 0.5) is 0 Å². The molecule has 2 unspecified atom stereocenters. The Bertz CT molecular complexity index is 342. The smallest absolute Gasteiger partial charge is 0.0294 e. The first-order chi connectivity index (χ1) is 8.52. The summed E-state index contributed by atoms with van der Waals surface area (Å²) < 4.78 is 0. The summed E-state index contributed by atoms with van der Waals surface area (Å²) in [6.45, 7) is 11.1. The van der Waals surface area contributed by atoms with E-state index in [1.807, 2.05) is 11.8 Å².